The molecule has 1 atom stereocenters. The molecule has 2 aliphatic rings. The van der Waals surface area contributed by atoms with Gasteiger partial charge in [-0.15, -0.1) is 6.58 Å². The number of nitrogens with one attached hydrogen (secondary N) is 2. The lowest BCUT2D eigenvalue weighted by atomic mass is 9.94. The Bertz CT molecular complexity index is 1250. The van der Waals surface area contributed by atoms with E-state index < -0.39 is 6.10 Å². The number of nitrogens with zero attached hydrogens (tertiary/aromatic N) is 1. The molecule has 0 unspecified atom stereocenters. The van der Waals surface area contributed by atoms with Crippen LogP contribution in [-0.2, 0) is 6.42 Å². The highest BCUT2D eigenvalue weighted by Crippen LogP contribution is 2.29. The minimum Gasteiger partial charge on any atom is -0.490 e. The second kappa shape index (κ2) is 11.3. The third-order valence-corrected chi connectivity index (χ3v) is 7.50. The van der Waals surface area contributed by atoms with Crippen LogP contribution in [0.5, 0.6) is 5.75 Å². The summed E-state index contributed by atoms with van der Waals surface area (Å²) in [6.07, 6.45) is 2.04. The molecule has 2 amide bonds. The molecule has 7 heteroatoms. The third kappa shape index (κ3) is 5.44. The van der Waals surface area contributed by atoms with Gasteiger partial charge in [0.25, 0.3) is 11.8 Å². The average molecular weight is 502 g/mol. The number of piperazine rings is 1. The number of rotatable bonds is 10. The van der Waals surface area contributed by atoms with E-state index in [-0.39, 0.29) is 18.4 Å². The zero-order valence-electron chi connectivity index (χ0n) is 21.1. The molecule has 2 aliphatic heterocycles. The summed E-state index contributed by atoms with van der Waals surface area (Å²) in [6.45, 7) is 9.58. The van der Waals surface area contributed by atoms with Gasteiger partial charge in [-0.1, -0.05) is 48.5 Å². The van der Waals surface area contributed by atoms with Crippen molar-refractivity contribution in [1.82, 2.24) is 4.90 Å². The maximum Gasteiger partial charge on any atom is 0.261 e. The number of imide groups is 1. The summed E-state index contributed by atoms with van der Waals surface area (Å²) >= 11 is 0. The fraction of sp³-hybridized carbons (Fsp3) is 0.333. The lowest BCUT2D eigenvalue weighted by Gasteiger charge is -2.32. The van der Waals surface area contributed by atoms with Crippen molar-refractivity contribution in [2.45, 2.75) is 12.5 Å². The largest absolute Gasteiger partial charge is 0.490 e. The predicted octanol–water partition coefficient (Wildman–Crippen LogP) is 0.388. The van der Waals surface area contributed by atoms with Crippen molar-refractivity contribution in [3.05, 3.63) is 90.0 Å². The molecule has 2 heterocycles. The van der Waals surface area contributed by atoms with Crippen molar-refractivity contribution in [2.75, 3.05) is 52.4 Å². The Morgan fingerprint density at radius 2 is 1.57 bits per heavy atom. The molecule has 3 N–H and O–H groups in total. The third-order valence-electron chi connectivity index (χ3n) is 7.50. The fourth-order valence-electron chi connectivity index (χ4n) is 5.51. The quantitative estimate of drug-likeness (QED) is 0.278. The predicted molar refractivity (Wildman–Crippen MR) is 142 cm³/mol. The van der Waals surface area contributed by atoms with Crippen LogP contribution in [-0.4, -0.2) is 80.3 Å². The topological polar surface area (TPSA) is 75.7 Å². The standard InChI is InChI=1S/C30H33N3O4/c1-2-7-22-8-3-4-13-27(22)37-21-24(34)20-32-16-14-31(15-17-32)18-19-33-29(35)25-11-5-9-23-10-6-12-26(28(23)25)30(33)36/h2-6,8-13,24,34H,1,7,14-21H2/p+2/t24-/m1/s1. The number of ether oxygens (including phenoxy) is 1. The second-order valence-corrected chi connectivity index (χ2v) is 9.99. The highest BCUT2D eigenvalue weighted by Gasteiger charge is 2.34. The van der Waals surface area contributed by atoms with Crippen molar-refractivity contribution in [3.8, 4) is 5.75 Å². The molecule has 1 fully saturated rings. The van der Waals surface area contributed by atoms with Crippen LogP contribution >= 0.6 is 0 Å². The van der Waals surface area contributed by atoms with Gasteiger partial charge >= 0.3 is 0 Å². The number of benzene rings is 3. The van der Waals surface area contributed by atoms with E-state index in [1.807, 2.05) is 66.7 Å². The van der Waals surface area contributed by atoms with E-state index in [1.54, 1.807) is 0 Å². The van der Waals surface area contributed by atoms with Crippen LogP contribution in [0, 0.1) is 0 Å². The van der Waals surface area contributed by atoms with E-state index in [2.05, 4.69) is 6.58 Å². The summed E-state index contributed by atoms with van der Waals surface area (Å²) in [5, 5.41) is 12.3. The van der Waals surface area contributed by atoms with E-state index in [9.17, 15) is 14.7 Å². The summed E-state index contributed by atoms with van der Waals surface area (Å²) < 4.78 is 5.90. The Kier molecular flexibility index (Phi) is 7.65. The van der Waals surface area contributed by atoms with Gasteiger partial charge in [-0.05, 0) is 35.6 Å². The minimum absolute atomic E-state index is 0.198. The molecule has 192 valence electrons. The van der Waals surface area contributed by atoms with Gasteiger partial charge in [-0.25, -0.2) is 0 Å². The number of amides is 2. The molecule has 37 heavy (non-hydrogen) atoms. The molecule has 3 aromatic carbocycles. The molecule has 0 radical (unpaired) electrons. The first-order valence-electron chi connectivity index (χ1n) is 13.1. The Morgan fingerprint density at radius 1 is 0.919 bits per heavy atom. The fourth-order valence-corrected chi connectivity index (χ4v) is 5.51. The van der Waals surface area contributed by atoms with Gasteiger partial charge in [0, 0.05) is 16.5 Å². The number of para-hydroxylation sites is 1. The van der Waals surface area contributed by atoms with Crippen LogP contribution in [0.25, 0.3) is 10.8 Å². The number of aliphatic hydroxyl groups excluding tert-OH is 1. The monoisotopic (exact) mass is 501 g/mol. The van der Waals surface area contributed by atoms with Gasteiger partial charge in [-0.2, -0.15) is 0 Å². The summed E-state index contributed by atoms with van der Waals surface area (Å²) in [4.78, 5) is 30.4. The van der Waals surface area contributed by atoms with Gasteiger partial charge < -0.3 is 19.6 Å². The summed E-state index contributed by atoms with van der Waals surface area (Å²) in [5.74, 6) is 0.401. The van der Waals surface area contributed by atoms with Crippen molar-refractivity contribution < 1.29 is 29.2 Å². The molecule has 0 aromatic heterocycles. The first-order valence-corrected chi connectivity index (χ1v) is 13.1. The molecular formula is C30H35N3O4+2. The summed E-state index contributed by atoms with van der Waals surface area (Å²) in [6, 6.07) is 19.1. The van der Waals surface area contributed by atoms with Gasteiger partial charge in [0.15, 0.2) is 0 Å². The molecule has 5 rings (SSSR count). The van der Waals surface area contributed by atoms with Gasteiger partial charge in [0.2, 0.25) is 0 Å². The molecule has 0 bridgehead atoms. The number of carbonyl (C=O) groups excluding carboxylic acids is 2. The van der Waals surface area contributed by atoms with Crippen molar-refractivity contribution in [1.29, 1.82) is 0 Å². The maximum absolute atomic E-state index is 13.1. The number of allylic oxidation sites excluding steroid dienone is 1. The van der Waals surface area contributed by atoms with Crippen molar-refractivity contribution in [3.63, 3.8) is 0 Å². The normalized spacial score (nSPS) is 20.2. The average Bonchev–Trinajstić information content (AvgIpc) is 2.92. The van der Waals surface area contributed by atoms with Crippen LogP contribution < -0.4 is 14.5 Å². The van der Waals surface area contributed by atoms with Crippen LogP contribution in [0.2, 0.25) is 0 Å². The van der Waals surface area contributed by atoms with Crippen molar-refractivity contribution >= 4 is 22.6 Å². The Balaban J connectivity index is 1.09. The lowest BCUT2D eigenvalue weighted by Crippen LogP contribution is -3.28. The number of hydrogen-bond acceptors (Lipinski definition) is 4. The molecule has 7 nitrogen and oxygen atoms in total. The minimum atomic E-state index is -0.542. The van der Waals surface area contributed by atoms with E-state index in [1.165, 1.54) is 14.7 Å². The molecule has 3 aromatic rings. The van der Waals surface area contributed by atoms with E-state index >= 15 is 0 Å². The first kappa shape index (κ1) is 25.1. The number of hydrogen-bond donors (Lipinski definition) is 3. The summed E-state index contributed by atoms with van der Waals surface area (Å²) in [5.41, 5.74) is 2.29. The molecule has 0 spiro atoms. The van der Waals surface area contributed by atoms with Gasteiger partial charge in [0.05, 0.1) is 13.1 Å². The van der Waals surface area contributed by atoms with Crippen LogP contribution in [0.4, 0.5) is 0 Å². The lowest BCUT2D eigenvalue weighted by molar-refractivity contribution is -1.01. The van der Waals surface area contributed by atoms with E-state index in [0.717, 1.165) is 61.2 Å². The number of aliphatic hydroxyl groups is 1. The Labute approximate surface area is 217 Å². The summed E-state index contributed by atoms with van der Waals surface area (Å²) in [7, 11) is 0. The maximum atomic E-state index is 13.1. The van der Waals surface area contributed by atoms with Crippen LogP contribution in [0.3, 0.4) is 0 Å². The number of carbonyl (C=O) groups is 2. The second-order valence-electron chi connectivity index (χ2n) is 9.99. The Morgan fingerprint density at radius 3 is 2.24 bits per heavy atom. The highest BCUT2D eigenvalue weighted by atomic mass is 16.5. The number of quaternary nitrogens is 2. The van der Waals surface area contributed by atoms with E-state index in [0.29, 0.717) is 24.2 Å². The zero-order chi connectivity index (χ0) is 25.8. The Hall–Kier alpha value is -3.52. The van der Waals surface area contributed by atoms with Crippen LogP contribution in [0.1, 0.15) is 26.3 Å². The highest BCUT2D eigenvalue weighted by molar-refractivity contribution is 6.25. The SMILES string of the molecule is C=CCc1ccccc1OC[C@H](O)C[NH+]1CC[NH+](CCN2C(=O)c3cccc4cccc(c34)C2=O)CC1. The van der Waals surface area contributed by atoms with Crippen molar-refractivity contribution in [2.24, 2.45) is 0 Å². The first-order chi connectivity index (χ1) is 18.0. The molecular weight excluding hydrogens is 466 g/mol. The molecule has 0 saturated carbocycles. The molecule has 0 aliphatic carbocycles. The van der Waals surface area contributed by atoms with E-state index in [4.69, 9.17) is 4.74 Å². The van der Waals surface area contributed by atoms with Crippen LogP contribution in [0.15, 0.2) is 73.3 Å². The van der Waals surface area contributed by atoms with Gasteiger partial charge in [0.1, 0.15) is 51.2 Å². The van der Waals surface area contributed by atoms with Gasteiger partial charge in [-0.3, -0.25) is 14.5 Å². The molecule has 1 saturated heterocycles. The smallest absolute Gasteiger partial charge is 0.261 e. The zero-order valence-corrected chi connectivity index (χ0v) is 21.1.